The van der Waals surface area contributed by atoms with Gasteiger partial charge in [0.2, 0.25) is 0 Å². The van der Waals surface area contributed by atoms with Crippen LogP contribution in [0.15, 0.2) is 0 Å². The summed E-state index contributed by atoms with van der Waals surface area (Å²) in [6.07, 6.45) is 1.10. The van der Waals surface area contributed by atoms with Gasteiger partial charge < -0.3 is 10.1 Å². The smallest absolute Gasteiger partial charge is 0.319 e. The van der Waals surface area contributed by atoms with E-state index in [1.165, 1.54) is 14.0 Å². The lowest BCUT2D eigenvalue weighted by molar-refractivity contribution is -0.159. The van der Waals surface area contributed by atoms with Crippen LogP contribution in [-0.4, -0.2) is 32.0 Å². The van der Waals surface area contributed by atoms with Gasteiger partial charge in [-0.05, 0) is 32.9 Å². The summed E-state index contributed by atoms with van der Waals surface area (Å²) in [5, 5.41) is 3.11. The van der Waals surface area contributed by atoms with E-state index in [9.17, 15) is 9.59 Å². The van der Waals surface area contributed by atoms with Gasteiger partial charge in [-0.3, -0.25) is 9.59 Å². The minimum absolute atomic E-state index is 0.0825. The summed E-state index contributed by atoms with van der Waals surface area (Å²) in [6.45, 7) is 2.87. The summed E-state index contributed by atoms with van der Waals surface area (Å²) < 4.78 is 4.67. The Morgan fingerprint density at radius 3 is 2.23 bits per heavy atom. The molecule has 0 amide bonds. The molecule has 0 aromatic rings. The lowest BCUT2D eigenvalue weighted by Crippen LogP contribution is -2.47. The fourth-order valence-electron chi connectivity index (χ4n) is 1.75. The second kappa shape index (κ2) is 3.87. The largest absolute Gasteiger partial charge is 0.468 e. The molecule has 1 fully saturated rings. The summed E-state index contributed by atoms with van der Waals surface area (Å²) in [6, 6.07) is 0. The fraction of sp³-hybridized carbons (Fsp3) is 0.778. The number of carbonyl (C=O) groups is 2. The van der Waals surface area contributed by atoms with E-state index in [-0.39, 0.29) is 11.8 Å². The number of nitrogens with one attached hydrogen (secondary N) is 1. The third-order valence-electron chi connectivity index (χ3n) is 2.71. The Hall–Kier alpha value is -0.900. The van der Waals surface area contributed by atoms with Crippen molar-refractivity contribution in [1.29, 1.82) is 0 Å². The Labute approximate surface area is 77.6 Å². The molecule has 0 aliphatic carbocycles. The molecular formula is C9H15NO3. The number of carbonyl (C=O) groups excluding carboxylic acids is 2. The van der Waals surface area contributed by atoms with E-state index in [1.54, 1.807) is 0 Å². The number of esters is 1. The van der Waals surface area contributed by atoms with E-state index in [0.717, 1.165) is 0 Å². The number of methoxy groups -OCH3 is 1. The molecule has 74 valence electrons. The molecule has 1 heterocycles. The number of hydrogen-bond acceptors (Lipinski definition) is 4. The van der Waals surface area contributed by atoms with Gasteiger partial charge in [-0.25, -0.2) is 0 Å². The lowest BCUT2D eigenvalue weighted by Gasteiger charge is -2.32. The van der Waals surface area contributed by atoms with E-state index in [0.29, 0.717) is 25.9 Å². The van der Waals surface area contributed by atoms with Crippen LogP contribution < -0.4 is 5.32 Å². The maximum absolute atomic E-state index is 11.5. The highest BCUT2D eigenvalue weighted by molar-refractivity contribution is 6.02. The first-order valence-corrected chi connectivity index (χ1v) is 4.43. The van der Waals surface area contributed by atoms with Crippen LogP contribution in [0.5, 0.6) is 0 Å². The minimum Gasteiger partial charge on any atom is -0.468 e. The zero-order valence-electron chi connectivity index (χ0n) is 8.05. The highest BCUT2D eigenvalue weighted by Gasteiger charge is 2.44. The SMILES string of the molecule is COC(=O)C1(C(C)=O)CCNCC1. The zero-order chi connectivity index (χ0) is 9.90. The molecule has 0 aromatic heterocycles. The summed E-state index contributed by atoms with van der Waals surface area (Å²) in [7, 11) is 1.33. The molecule has 1 N–H and O–H groups in total. The molecule has 4 heteroatoms. The summed E-state index contributed by atoms with van der Waals surface area (Å²) in [5.41, 5.74) is -0.875. The third-order valence-corrected chi connectivity index (χ3v) is 2.71. The van der Waals surface area contributed by atoms with Crippen molar-refractivity contribution in [3.63, 3.8) is 0 Å². The van der Waals surface area contributed by atoms with E-state index < -0.39 is 5.41 Å². The molecule has 0 radical (unpaired) electrons. The molecular weight excluding hydrogens is 170 g/mol. The van der Waals surface area contributed by atoms with Crippen LogP contribution in [0.3, 0.4) is 0 Å². The zero-order valence-corrected chi connectivity index (χ0v) is 8.05. The van der Waals surface area contributed by atoms with Crippen molar-refractivity contribution >= 4 is 11.8 Å². The van der Waals surface area contributed by atoms with Gasteiger partial charge in [0.25, 0.3) is 0 Å². The van der Waals surface area contributed by atoms with Crippen molar-refractivity contribution in [3.8, 4) is 0 Å². The monoisotopic (exact) mass is 185 g/mol. The van der Waals surface area contributed by atoms with Crippen molar-refractivity contribution < 1.29 is 14.3 Å². The van der Waals surface area contributed by atoms with Crippen LogP contribution in [0.2, 0.25) is 0 Å². The van der Waals surface area contributed by atoms with Crippen LogP contribution in [-0.2, 0) is 14.3 Å². The molecule has 1 saturated heterocycles. The minimum atomic E-state index is -0.875. The molecule has 0 saturated carbocycles. The average molecular weight is 185 g/mol. The Morgan fingerprint density at radius 2 is 1.85 bits per heavy atom. The second-order valence-corrected chi connectivity index (χ2v) is 3.38. The van der Waals surface area contributed by atoms with Gasteiger partial charge in [-0.1, -0.05) is 0 Å². The van der Waals surface area contributed by atoms with Crippen LogP contribution in [0, 0.1) is 5.41 Å². The van der Waals surface area contributed by atoms with Crippen molar-refractivity contribution in [2.75, 3.05) is 20.2 Å². The molecule has 0 atom stereocenters. The van der Waals surface area contributed by atoms with Crippen LogP contribution in [0.25, 0.3) is 0 Å². The van der Waals surface area contributed by atoms with Crippen LogP contribution in [0.1, 0.15) is 19.8 Å². The van der Waals surface area contributed by atoms with Crippen molar-refractivity contribution in [2.45, 2.75) is 19.8 Å². The highest BCUT2D eigenvalue weighted by Crippen LogP contribution is 2.31. The molecule has 0 unspecified atom stereocenters. The molecule has 1 rings (SSSR count). The highest BCUT2D eigenvalue weighted by atomic mass is 16.5. The van der Waals surface area contributed by atoms with E-state index >= 15 is 0 Å². The number of ether oxygens (including phenoxy) is 1. The van der Waals surface area contributed by atoms with Crippen LogP contribution >= 0.6 is 0 Å². The average Bonchev–Trinajstić information content (AvgIpc) is 2.17. The van der Waals surface area contributed by atoms with Gasteiger partial charge in [0, 0.05) is 0 Å². The number of Topliss-reactive ketones (excluding diaryl/α,β-unsaturated/α-hetero) is 1. The van der Waals surface area contributed by atoms with Crippen LogP contribution in [0.4, 0.5) is 0 Å². The first kappa shape index (κ1) is 10.2. The van der Waals surface area contributed by atoms with Crippen molar-refractivity contribution in [1.82, 2.24) is 5.32 Å². The maximum Gasteiger partial charge on any atom is 0.319 e. The first-order chi connectivity index (χ1) is 6.13. The third kappa shape index (κ3) is 1.72. The predicted molar refractivity (Wildman–Crippen MR) is 47.2 cm³/mol. The summed E-state index contributed by atoms with van der Waals surface area (Å²) in [5.74, 6) is -0.470. The summed E-state index contributed by atoms with van der Waals surface area (Å²) >= 11 is 0. The molecule has 13 heavy (non-hydrogen) atoms. The normalized spacial score (nSPS) is 20.8. The number of piperidine rings is 1. The number of ketones is 1. The molecule has 4 nitrogen and oxygen atoms in total. The van der Waals surface area contributed by atoms with Gasteiger partial charge in [-0.2, -0.15) is 0 Å². The van der Waals surface area contributed by atoms with Gasteiger partial charge in [0.15, 0.2) is 0 Å². The molecule has 0 spiro atoms. The molecule has 0 bridgehead atoms. The fourth-order valence-corrected chi connectivity index (χ4v) is 1.75. The summed E-state index contributed by atoms with van der Waals surface area (Å²) in [4.78, 5) is 22.9. The number of rotatable bonds is 2. The number of hydrogen-bond donors (Lipinski definition) is 1. The lowest BCUT2D eigenvalue weighted by atomic mass is 9.76. The topological polar surface area (TPSA) is 55.4 Å². The Kier molecular flexibility index (Phi) is 3.03. The second-order valence-electron chi connectivity index (χ2n) is 3.38. The Balaban J connectivity index is 2.85. The molecule has 1 aliphatic rings. The van der Waals surface area contributed by atoms with E-state index in [1.807, 2.05) is 0 Å². The Bertz CT molecular complexity index is 219. The van der Waals surface area contributed by atoms with Crippen molar-refractivity contribution in [2.24, 2.45) is 5.41 Å². The first-order valence-electron chi connectivity index (χ1n) is 4.43. The van der Waals surface area contributed by atoms with Gasteiger partial charge in [0.1, 0.15) is 11.2 Å². The Morgan fingerprint density at radius 1 is 1.31 bits per heavy atom. The maximum atomic E-state index is 11.5. The van der Waals surface area contributed by atoms with Gasteiger partial charge in [0.05, 0.1) is 7.11 Å². The van der Waals surface area contributed by atoms with E-state index in [2.05, 4.69) is 10.1 Å². The predicted octanol–water partition coefficient (Wildman–Crippen LogP) is 0.118. The quantitative estimate of drug-likeness (QED) is 0.490. The van der Waals surface area contributed by atoms with E-state index in [4.69, 9.17) is 0 Å². The molecule has 1 aliphatic heterocycles. The standard InChI is InChI=1S/C9H15NO3/c1-7(11)9(8(12)13-2)3-5-10-6-4-9/h10H,3-6H2,1-2H3. The van der Waals surface area contributed by atoms with Gasteiger partial charge in [-0.15, -0.1) is 0 Å². The van der Waals surface area contributed by atoms with Crippen molar-refractivity contribution in [3.05, 3.63) is 0 Å². The van der Waals surface area contributed by atoms with Gasteiger partial charge >= 0.3 is 5.97 Å². The molecule has 0 aromatic carbocycles.